The van der Waals surface area contributed by atoms with Crippen LogP contribution in [0.1, 0.15) is 58.8 Å². The van der Waals surface area contributed by atoms with Crippen LogP contribution in [0.4, 0.5) is 0 Å². The zero-order chi connectivity index (χ0) is 12.4. The zero-order valence-corrected chi connectivity index (χ0v) is 11.8. The van der Waals surface area contributed by atoms with Crippen LogP contribution in [0, 0.1) is 10.8 Å². The Kier molecular flexibility index (Phi) is 4.14. The fourth-order valence-electron chi connectivity index (χ4n) is 3.73. The van der Waals surface area contributed by atoms with Gasteiger partial charge in [-0.15, -0.1) is 0 Å². The molecule has 1 saturated carbocycles. The molecule has 2 aliphatic rings. The number of hydrogen-bond donors (Lipinski definition) is 1. The van der Waals surface area contributed by atoms with E-state index in [9.17, 15) is 0 Å². The molecule has 1 unspecified atom stereocenters. The maximum Gasteiger partial charge on any atom is 0.00475 e. The minimum absolute atomic E-state index is 0.334. The molecule has 1 atom stereocenters. The highest BCUT2D eigenvalue weighted by Gasteiger charge is 2.40. The zero-order valence-electron chi connectivity index (χ0n) is 11.8. The van der Waals surface area contributed by atoms with E-state index in [2.05, 4.69) is 18.7 Å². The fraction of sp³-hybridized carbons (Fsp3) is 1.00. The summed E-state index contributed by atoms with van der Waals surface area (Å²) < 4.78 is 0. The Balaban J connectivity index is 1.89. The van der Waals surface area contributed by atoms with Crippen LogP contribution < -0.4 is 5.73 Å². The van der Waals surface area contributed by atoms with Gasteiger partial charge in [-0.3, -0.25) is 0 Å². The van der Waals surface area contributed by atoms with Gasteiger partial charge in [-0.1, -0.05) is 33.1 Å². The molecule has 2 fully saturated rings. The molecule has 2 nitrogen and oxygen atoms in total. The van der Waals surface area contributed by atoms with Crippen molar-refractivity contribution in [3.8, 4) is 0 Å². The van der Waals surface area contributed by atoms with Gasteiger partial charge in [-0.05, 0) is 49.6 Å². The van der Waals surface area contributed by atoms with Gasteiger partial charge in [0.05, 0.1) is 0 Å². The summed E-state index contributed by atoms with van der Waals surface area (Å²) in [5.41, 5.74) is 6.97. The highest BCUT2D eigenvalue weighted by atomic mass is 15.2. The lowest BCUT2D eigenvalue weighted by Crippen LogP contribution is -2.40. The van der Waals surface area contributed by atoms with Crippen molar-refractivity contribution in [2.45, 2.75) is 58.8 Å². The summed E-state index contributed by atoms with van der Waals surface area (Å²) in [4.78, 5) is 2.70. The van der Waals surface area contributed by atoms with Gasteiger partial charge in [0.15, 0.2) is 0 Å². The average Bonchev–Trinajstić information content (AvgIpc) is 2.72. The van der Waals surface area contributed by atoms with Gasteiger partial charge < -0.3 is 10.6 Å². The van der Waals surface area contributed by atoms with Crippen LogP contribution in [-0.4, -0.2) is 31.1 Å². The first kappa shape index (κ1) is 13.4. The normalized spacial score (nSPS) is 28.4. The maximum absolute atomic E-state index is 5.94. The van der Waals surface area contributed by atoms with Crippen molar-refractivity contribution < 1.29 is 0 Å². The quantitative estimate of drug-likeness (QED) is 0.816. The third-order valence-corrected chi connectivity index (χ3v) is 5.38. The van der Waals surface area contributed by atoms with Crippen molar-refractivity contribution in [2.24, 2.45) is 16.6 Å². The molecule has 17 heavy (non-hydrogen) atoms. The van der Waals surface area contributed by atoms with E-state index in [1.165, 1.54) is 64.6 Å². The Morgan fingerprint density at radius 1 is 1.18 bits per heavy atom. The van der Waals surface area contributed by atoms with E-state index in [1.807, 2.05) is 0 Å². The molecule has 0 bridgehead atoms. The van der Waals surface area contributed by atoms with Crippen molar-refractivity contribution in [3.05, 3.63) is 0 Å². The molecule has 1 heterocycles. The Morgan fingerprint density at radius 3 is 2.47 bits per heavy atom. The van der Waals surface area contributed by atoms with E-state index in [4.69, 9.17) is 5.73 Å². The third kappa shape index (κ3) is 3.03. The van der Waals surface area contributed by atoms with Gasteiger partial charge in [-0.25, -0.2) is 0 Å². The summed E-state index contributed by atoms with van der Waals surface area (Å²) in [6.45, 7) is 9.32. The summed E-state index contributed by atoms with van der Waals surface area (Å²) in [6, 6.07) is 0. The highest BCUT2D eigenvalue weighted by molar-refractivity contribution is 4.93. The van der Waals surface area contributed by atoms with Crippen LogP contribution in [0.3, 0.4) is 0 Å². The predicted molar refractivity (Wildman–Crippen MR) is 74.0 cm³/mol. The molecule has 0 radical (unpaired) electrons. The predicted octanol–water partition coefficient (Wildman–Crippen LogP) is 3.02. The van der Waals surface area contributed by atoms with Crippen LogP contribution in [0.2, 0.25) is 0 Å². The second kappa shape index (κ2) is 5.27. The largest absolute Gasteiger partial charge is 0.330 e. The number of nitrogens with two attached hydrogens (primary N) is 1. The first-order chi connectivity index (χ1) is 8.11. The van der Waals surface area contributed by atoms with Crippen molar-refractivity contribution in [2.75, 3.05) is 26.2 Å². The Bertz CT molecular complexity index is 239. The molecule has 2 rings (SSSR count). The minimum atomic E-state index is 0.334. The molecule has 1 spiro atoms. The van der Waals surface area contributed by atoms with Crippen LogP contribution in [0.25, 0.3) is 0 Å². The van der Waals surface area contributed by atoms with Crippen LogP contribution in [0.5, 0.6) is 0 Å². The van der Waals surface area contributed by atoms with Gasteiger partial charge in [0.25, 0.3) is 0 Å². The molecule has 1 aliphatic heterocycles. The first-order valence-corrected chi connectivity index (χ1v) is 7.54. The van der Waals surface area contributed by atoms with Crippen LogP contribution >= 0.6 is 0 Å². The summed E-state index contributed by atoms with van der Waals surface area (Å²) in [6.07, 6.45) is 10.0. The molecule has 0 aromatic heterocycles. The molecular formula is C15H30N2. The SMILES string of the molecule is CCC(C)(CN)CN1CCC2(CCCCC2)C1. The van der Waals surface area contributed by atoms with E-state index < -0.39 is 0 Å². The molecule has 0 amide bonds. The summed E-state index contributed by atoms with van der Waals surface area (Å²) in [5.74, 6) is 0. The molecule has 2 N–H and O–H groups in total. The van der Waals surface area contributed by atoms with Crippen LogP contribution in [0.15, 0.2) is 0 Å². The van der Waals surface area contributed by atoms with Gasteiger partial charge in [0, 0.05) is 13.1 Å². The van der Waals surface area contributed by atoms with E-state index in [0.29, 0.717) is 10.8 Å². The van der Waals surface area contributed by atoms with E-state index in [-0.39, 0.29) is 0 Å². The monoisotopic (exact) mass is 238 g/mol. The van der Waals surface area contributed by atoms with Crippen molar-refractivity contribution >= 4 is 0 Å². The van der Waals surface area contributed by atoms with Crippen molar-refractivity contribution in [3.63, 3.8) is 0 Å². The Labute approximate surface area is 107 Å². The smallest absolute Gasteiger partial charge is 0.00475 e. The van der Waals surface area contributed by atoms with Gasteiger partial charge >= 0.3 is 0 Å². The second-order valence-corrected chi connectivity index (χ2v) is 6.89. The molecule has 0 aromatic carbocycles. The van der Waals surface area contributed by atoms with E-state index >= 15 is 0 Å². The number of rotatable bonds is 4. The topological polar surface area (TPSA) is 29.3 Å². The van der Waals surface area contributed by atoms with Crippen molar-refractivity contribution in [1.82, 2.24) is 4.90 Å². The Hall–Kier alpha value is -0.0800. The summed E-state index contributed by atoms with van der Waals surface area (Å²) >= 11 is 0. The third-order valence-electron chi connectivity index (χ3n) is 5.38. The average molecular weight is 238 g/mol. The highest BCUT2D eigenvalue weighted by Crippen LogP contribution is 2.44. The lowest BCUT2D eigenvalue weighted by Gasteiger charge is -2.36. The lowest BCUT2D eigenvalue weighted by atomic mass is 9.73. The fourth-order valence-corrected chi connectivity index (χ4v) is 3.73. The molecule has 0 aromatic rings. The summed E-state index contributed by atoms with van der Waals surface area (Å²) in [5, 5.41) is 0. The molecule has 1 aliphatic carbocycles. The standard InChI is InChI=1S/C15H30N2/c1-3-14(2,11-16)12-17-10-9-15(13-17)7-5-4-6-8-15/h3-13,16H2,1-2H3. The summed E-state index contributed by atoms with van der Waals surface area (Å²) in [7, 11) is 0. The number of hydrogen-bond acceptors (Lipinski definition) is 2. The van der Waals surface area contributed by atoms with E-state index in [0.717, 1.165) is 6.54 Å². The van der Waals surface area contributed by atoms with E-state index in [1.54, 1.807) is 0 Å². The maximum atomic E-state index is 5.94. The molecule has 100 valence electrons. The molecule has 1 saturated heterocycles. The number of likely N-dealkylation sites (tertiary alicyclic amines) is 1. The van der Waals surface area contributed by atoms with Gasteiger partial charge in [-0.2, -0.15) is 0 Å². The van der Waals surface area contributed by atoms with Crippen molar-refractivity contribution in [1.29, 1.82) is 0 Å². The first-order valence-electron chi connectivity index (χ1n) is 7.54. The van der Waals surface area contributed by atoms with Gasteiger partial charge in [0.1, 0.15) is 0 Å². The van der Waals surface area contributed by atoms with Gasteiger partial charge in [0.2, 0.25) is 0 Å². The lowest BCUT2D eigenvalue weighted by molar-refractivity contribution is 0.148. The Morgan fingerprint density at radius 2 is 1.88 bits per heavy atom. The molecule has 2 heteroatoms. The van der Waals surface area contributed by atoms with Crippen LogP contribution in [-0.2, 0) is 0 Å². The minimum Gasteiger partial charge on any atom is -0.330 e. The molecular weight excluding hydrogens is 208 g/mol. The second-order valence-electron chi connectivity index (χ2n) is 6.89. The number of nitrogens with zero attached hydrogens (tertiary/aromatic N) is 1.